The fourth-order valence-electron chi connectivity index (χ4n) is 2.08. The lowest BCUT2D eigenvalue weighted by Gasteiger charge is -2.14. The van der Waals surface area contributed by atoms with Gasteiger partial charge in [-0.2, -0.15) is 5.10 Å². The fourth-order valence-corrected chi connectivity index (χ4v) is 2.22. The first-order chi connectivity index (χ1) is 8.47. The summed E-state index contributed by atoms with van der Waals surface area (Å²) >= 11 is 5.94. The van der Waals surface area contributed by atoms with Gasteiger partial charge in [-0.25, -0.2) is 0 Å². The van der Waals surface area contributed by atoms with E-state index in [4.69, 9.17) is 11.6 Å². The zero-order valence-corrected chi connectivity index (χ0v) is 11.6. The second kappa shape index (κ2) is 5.12. The van der Waals surface area contributed by atoms with Crippen molar-refractivity contribution in [1.82, 2.24) is 9.78 Å². The van der Waals surface area contributed by atoms with Gasteiger partial charge in [-0.15, -0.1) is 0 Å². The Morgan fingerprint density at radius 3 is 2.33 bits per heavy atom. The number of aryl methyl sites for hydroxylation is 2. The van der Waals surface area contributed by atoms with Crippen molar-refractivity contribution in [3.63, 3.8) is 0 Å². The first kappa shape index (κ1) is 13.1. The van der Waals surface area contributed by atoms with Gasteiger partial charge in [0.1, 0.15) is 0 Å². The van der Waals surface area contributed by atoms with Crippen LogP contribution < -0.4 is 0 Å². The molecule has 3 nitrogen and oxygen atoms in total. The number of aliphatic hydroxyl groups is 1. The third-order valence-electron chi connectivity index (χ3n) is 3.02. The predicted molar refractivity (Wildman–Crippen MR) is 72.8 cm³/mol. The van der Waals surface area contributed by atoms with Crippen LogP contribution in [0.3, 0.4) is 0 Å². The maximum absolute atomic E-state index is 10.3. The molecule has 0 spiro atoms. The largest absolute Gasteiger partial charge is 0.386 e. The van der Waals surface area contributed by atoms with Crippen LogP contribution in [0.4, 0.5) is 0 Å². The molecule has 1 heterocycles. The van der Waals surface area contributed by atoms with E-state index in [1.165, 1.54) is 0 Å². The summed E-state index contributed by atoms with van der Waals surface area (Å²) in [5.41, 5.74) is 4.09. The second-order valence-corrected chi connectivity index (χ2v) is 5.10. The van der Waals surface area contributed by atoms with Crippen molar-refractivity contribution in [2.45, 2.75) is 33.4 Å². The van der Waals surface area contributed by atoms with Gasteiger partial charge in [-0.1, -0.05) is 40.9 Å². The number of hydrogen-bond acceptors (Lipinski definition) is 2. The van der Waals surface area contributed by atoms with Gasteiger partial charge in [0, 0.05) is 0 Å². The smallest absolute Gasteiger partial charge is 0.0986 e. The topological polar surface area (TPSA) is 38.0 Å². The molecule has 0 aliphatic rings. The highest BCUT2D eigenvalue weighted by molar-refractivity contribution is 6.31. The molecule has 96 valence electrons. The Morgan fingerprint density at radius 1 is 1.22 bits per heavy atom. The lowest BCUT2D eigenvalue weighted by atomic mass is 10.0. The molecular formula is C14H17ClN2O. The van der Waals surface area contributed by atoms with Crippen LogP contribution in [0.1, 0.15) is 28.5 Å². The second-order valence-electron chi connectivity index (χ2n) is 4.70. The monoisotopic (exact) mass is 264 g/mol. The van der Waals surface area contributed by atoms with E-state index in [2.05, 4.69) is 11.2 Å². The molecule has 0 radical (unpaired) electrons. The number of aromatic nitrogens is 2. The number of hydrogen-bond donors (Lipinski definition) is 1. The third kappa shape index (κ3) is 2.74. The molecule has 1 unspecified atom stereocenters. The van der Waals surface area contributed by atoms with Crippen LogP contribution in [-0.2, 0) is 6.54 Å². The van der Waals surface area contributed by atoms with E-state index < -0.39 is 6.10 Å². The van der Waals surface area contributed by atoms with Gasteiger partial charge in [0.15, 0.2) is 0 Å². The number of halogens is 1. The summed E-state index contributed by atoms with van der Waals surface area (Å²) in [6, 6.07) is 6.09. The average Bonchev–Trinajstić information content (AvgIpc) is 2.59. The van der Waals surface area contributed by atoms with E-state index in [1.807, 2.05) is 32.9 Å². The van der Waals surface area contributed by atoms with Gasteiger partial charge in [0.05, 0.1) is 29.6 Å². The Kier molecular flexibility index (Phi) is 3.73. The standard InChI is InChI=1S/C14H17ClN2O/c1-9-4-10(2)6-12(5-9)14(18)8-17-11(3)13(15)7-16-17/h4-7,14,18H,8H2,1-3H3. The van der Waals surface area contributed by atoms with Gasteiger partial charge in [0.25, 0.3) is 0 Å². The summed E-state index contributed by atoms with van der Waals surface area (Å²) in [5, 5.41) is 15.0. The van der Waals surface area contributed by atoms with Crippen LogP contribution in [0.25, 0.3) is 0 Å². The van der Waals surface area contributed by atoms with E-state index in [0.717, 1.165) is 22.4 Å². The maximum Gasteiger partial charge on any atom is 0.0986 e. The summed E-state index contributed by atoms with van der Waals surface area (Å²) in [4.78, 5) is 0. The quantitative estimate of drug-likeness (QED) is 0.925. The molecule has 4 heteroatoms. The minimum Gasteiger partial charge on any atom is -0.386 e. The highest BCUT2D eigenvalue weighted by Gasteiger charge is 2.12. The number of aliphatic hydroxyl groups excluding tert-OH is 1. The van der Waals surface area contributed by atoms with Gasteiger partial charge >= 0.3 is 0 Å². The van der Waals surface area contributed by atoms with Crippen LogP contribution >= 0.6 is 11.6 Å². The molecule has 0 saturated heterocycles. The third-order valence-corrected chi connectivity index (χ3v) is 3.39. The highest BCUT2D eigenvalue weighted by atomic mass is 35.5. The SMILES string of the molecule is Cc1cc(C)cc(C(O)Cn2ncc(Cl)c2C)c1. The Bertz CT molecular complexity index is 543. The molecule has 0 amide bonds. The number of rotatable bonds is 3. The molecule has 0 fully saturated rings. The zero-order chi connectivity index (χ0) is 13.3. The molecule has 1 aromatic carbocycles. The van der Waals surface area contributed by atoms with Gasteiger partial charge in [-0.3, -0.25) is 4.68 Å². The normalized spacial score (nSPS) is 12.7. The average molecular weight is 265 g/mol. The molecular weight excluding hydrogens is 248 g/mol. The van der Waals surface area contributed by atoms with Crippen LogP contribution in [0.15, 0.2) is 24.4 Å². The molecule has 2 aromatic rings. The van der Waals surface area contributed by atoms with Crippen molar-refractivity contribution in [2.75, 3.05) is 0 Å². The van der Waals surface area contributed by atoms with Crippen LogP contribution in [0, 0.1) is 20.8 Å². The summed E-state index contributed by atoms with van der Waals surface area (Å²) in [6.07, 6.45) is 1.03. The first-order valence-corrected chi connectivity index (χ1v) is 6.29. The van der Waals surface area contributed by atoms with Crippen LogP contribution in [0.5, 0.6) is 0 Å². The Hall–Kier alpha value is -1.32. The predicted octanol–water partition coefficient (Wildman–Crippen LogP) is 3.20. The van der Waals surface area contributed by atoms with E-state index >= 15 is 0 Å². The van der Waals surface area contributed by atoms with Crippen molar-refractivity contribution < 1.29 is 5.11 Å². The summed E-state index contributed by atoms with van der Waals surface area (Å²) in [6.45, 7) is 6.36. The van der Waals surface area contributed by atoms with Gasteiger partial charge < -0.3 is 5.11 Å². The minimum atomic E-state index is -0.571. The molecule has 0 aliphatic heterocycles. The molecule has 1 atom stereocenters. The Labute approximate surface area is 112 Å². The van der Waals surface area contributed by atoms with E-state index in [0.29, 0.717) is 11.6 Å². The van der Waals surface area contributed by atoms with E-state index in [1.54, 1.807) is 10.9 Å². The molecule has 0 aliphatic carbocycles. The molecule has 2 rings (SSSR count). The Balaban J connectivity index is 2.21. The fraction of sp³-hybridized carbons (Fsp3) is 0.357. The van der Waals surface area contributed by atoms with Gasteiger partial charge in [-0.05, 0) is 26.3 Å². The molecule has 1 N–H and O–H groups in total. The number of nitrogens with zero attached hydrogens (tertiary/aromatic N) is 2. The molecule has 0 saturated carbocycles. The van der Waals surface area contributed by atoms with Crippen molar-refractivity contribution in [1.29, 1.82) is 0 Å². The molecule has 1 aromatic heterocycles. The van der Waals surface area contributed by atoms with Crippen molar-refractivity contribution in [2.24, 2.45) is 0 Å². The number of benzene rings is 1. The van der Waals surface area contributed by atoms with Crippen molar-refractivity contribution >= 4 is 11.6 Å². The molecule has 18 heavy (non-hydrogen) atoms. The summed E-state index contributed by atoms with van der Waals surface area (Å²) in [5.74, 6) is 0. The lowest BCUT2D eigenvalue weighted by molar-refractivity contribution is 0.150. The van der Waals surface area contributed by atoms with Gasteiger partial charge in [0.2, 0.25) is 0 Å². The maximum atomic E-state index is 10.3. The van der Waals surface area contributed by atoms with E-state index in [-0.39, 0.29) is 0 Å². The zero-order valence-electron chi connectivity index (χ0n) is 10.8. The Morgan fingerprint density at radius 2 is 1.83 bits per heavy atom. The highest BCUT2D eigenvalue weighted by Crippen LogP contribution is 2.21. The van der Waals surface area contributed by atoms with Crippen molar-refractivity contribution in [3.05, 3.63) is 51.8 Å². The summed E-state index contributed by atoms with van der Waals surface area (Å²) < 4.78 is 1.73. The van der Waals surface area contributed by atoms with Crippen LogP contribution in [-0.4, -0.2) is 14.9 Å². The molecule has 0 bridgehead atoms. The van der Waals surface area contributed by atoms with Crippen LogP contribution in [0.2, 0.25) is 5.02 Å². The van der Waals surface area contributed by atoms with Crippen molar-refractivity contribution in [3.8, 4) is 0 Å². The lowest BCUT2D eigenvalue weighted by Crippen LogP contribution is -2.11. The van der Waals surface area contributed by atoms with E-state index in [9.17, 15) is 5.11 Å². The minimum absolute atomic E-state index is 0.418. The first-order valence-electron chi connectivity index (χ1n) is 5.91. The summed E-state index contributed by atoms with van der Waals surface area (Å²) in [7, 11) is 0.